The van der Waals surface area contributed by atoms with E-state index in [-0.39, 0.29) is 6.04 Å². The van der Waals surface area contributed by atoms with Gasteiger partial charge in [0, 0.05) is 12.6 Å². The second-order valence-corrected chi connectivity index (χ2v) is 6.30. The topological polar surface area (TPSA) is 28.4 Å². The van der Waals surface area contributed by atoms with Crippen LogP contribution in [0.3, 0.4) is 0 Å². The second-order valence-electron chi connectivity index (χ2n) is 5.52. The third-order valence-electron chi connectivity index (χ3n) is 3.15. The molecule has 0 spiro atoms. The highest BCUT2D eigenvalue weighted by molar-refractivity contribution is 9.10. The maximum atomic E-state index is 5.56. The Morgan fingerprint density at radius 3 is 2.39 bits per heavy atom. The summed E-state index contributed by atoms with van der Waals surface area (Å²) in [5, 5.41) is 3.54. The highest BCUT2D eigenvalue weighted by Crippen LogP contribution is 2.20. The van der Waals surface area contributed by atoms with Gasteiger partial charge in [-0.3, -0.25) is 0 Å². The molecule has 0 saturated carbocycles. The van der Waals surface area contributed by atoms with Crippen LogP contribution in [0, 0.1) is 5.92 Å². The number of nitrogens with zero attached hydrogens (tertiary/aromatic N) is 1. The molecule has 1 aromatic heterocycles. The summed E-state index contributed by atoms with van der Waals surface area (Å²) in [6.07, 6.45) is 1.20. The fourth-order valence-electron chi connectivity index (χ4n) is 2.00. The molecule has 1 heterocycles. The Bertz CT molecular complexity index is 349. The molecule has 0 aliphatic heterocycles. The van der Waals surface area contributed by atoms with Crippen molar-refractivity contribution in [3.05, 3.63) is 22.6 Å². The molecule has 1 N–H and O–H groups in total. The SMILES string of the molecule is CC(C)CC(CNC(C)c1ccc(Br)o1)N(C)C. The van der Waals surface area contributed by atoms with Crippen LogP contribution in [0.15, 0.2) is 21.2 Å². The van der Waals surface area contributed by atoms with E-state index in [1.54, 1.807) is 0 Å². The van der Waals surface area contributed by atoms with Crippen molar-refractivity contribution < 1.29 is 4.42 Å². The normalized spacial score (nSPS) is 15.3. The Balaban J connectivity index is 2.46. The second kappa shape index (κ2) is 7.31. The van der Waals surface area contributed by atoms with Crippen LogP contribution in [-0.4, -0.2) is 31.6 Å². The first kappa shape index (κ1) is 15.7. The predicted octanol–water partition coefficient (Wildman–Crippen LogP) is 3.67. The minimum absolute atomic E-state index is 0.242. The first-order chi connectivity index (χ1) is 8.40. The lowest BCUT2D eigenvalue weighted by Gasteiger charge is -2.27. The average Bonchev–Trinajstić information content (AvgIpc) is 2.69. The molecule has 0 bridgehead atoms. The molecule has 4 heteroatoms. The minimum Gasteiger partial charge on any atom is -0.453 e. The standard InChI is InChI=1S/C14H25BrN2O/c1-10(2)8-12(17(4)5)9-16-11(3)13-6-7-14(15)18-13/h6-7,10-12,16H,8-9H2,1-5H3. The zero-order chi connectivity index (χ0) is 13.7. The first-order valence-corrected chi connectivity index (χ1v) is 7.34. The van der Waals surface area contributed by atoms with E-state index < -0.39 is 0 Å². The van der Waals surface area contributed by atoms with Crippen molar-refractivity contribution in [2.75, 3.05) is 20.6 Å². The molecule has 0 aliphatic carbocycles. The maximum absolute atomic E-state index is 5.56. The number of hydrogen-bond donors (Lipinski definition) is 1. The number of nitrogens with one attached hydrogen (secondary N) is 1. The number of rotatable bonds is 7. The summed E-state index contributed by atoms with van der Waals surface area (Å²) in [5.41, 5.74) is 0. The molecule has 2 unspecified atom stereocenters. The van der Waals surface area contributed by atoms with Crippen LogP contribution < -0.4 is 5.32 Å². The fraction of sp³-hybridized carbons (Fsp3) is 0.714. The van der Waals surface area contributed by atoms with Crippen molar-refractivity contribution in [2.45, 2.75) is 39.3 Å². The molecule has 2 atom stereocenters. The van der Waals surface area contributed by atoms with Gasteiger partial charge >= 0.3 is 0 Å². The van der Waals surface area contributed by atoms with Gasteiger partial charge in [-0.2, -0.15) is 0 Å². The fourth-order valence-corrected chi connectivity index (χ4v) is 2.31. The molecule has 0 amide bonds. The average molecular weight is 317 g/mol. The van der Waals surface area contributed by atoms with Gasteiger partial charge in [-0.05, 0) is 61.4 Å². The van der Waals surface area contributed by atoms with Gasteiger partial charge in [-0.1, -0.05) is 13.8 Å². The molecular weight excluding hydrogens is 292 g/mol. The maximum Gasteiger partial charge on any atom is 0.169 e. The number of furan rings is 1. The van der Waals surface area contributed by atoms with Gasteiger partial charge in [0.15, 0.2) is 4.67 Å². The Kier molecular flexibility index (Phi) is 6.39. The summed E-state index contributed by atoms with van der Waals surface area (Å²) in [4.78, 5) is 2.29. The van der Waals surface area contributed by atoms with Crippen LogP contribution in [0.2, 0.25) is 0 Å². The van der Waals surface area contributed by atoms with Crippen molar-refractivity contribution >= 4 is 15.9 Å². The van der Waals surface area contributed by atoms with Crippen LogP contribution in [0.5, 0.6) is 0 Å². The number of hydrogen-bond acceptors (Lipinski definition) is 3. The summed E-state index contributed by atoms with van der Waals surface area (Å²) in [6.45, 7) is 7.64. The van der Waals surface area contributed by atoms with Crippen LogP contribution in [-0.2, 0) is 0 Å². The zero-order valence-electron chi connectivity index (χ0n) is 12.0. The predicted molar refractivity (Wildman–Crippen MR) is 79.8 cm³/mol. The van der Waals surface area contributed by atoms with Crippen LogP contribution >= 0.6 is 15.9 Å². The van der Waals surface area contributed by atoms with E-state index >= 15 is 0 Å². The smallest absolute Gasteiger partial charge is 0.169 e. The molecule has 0 radical (unpaired) electrons. The van der Waals surface area contributed by atoms with Crippen molar-refractivity contribution in [2.24, 2.45) is 5.92 Å². The minimum atomic E-state index is 0.242. The number of likely N-dealkylation sites (N-methyl/N-ethyl adjacent to an activating group) is 1. The molecule has 18 heavy (non-hydrogen) atoms. The van der Waals surface area contributed by atoms with E-state index in [9.17, 15) is 0 Å². The summed E-state index contributed by atoms with van der Waals surface area (Å²) < 4.78 is 6.35. The molecular formula is C14H25BrN2O. The molecule has 0 fully saturated rings. The summed E-state index contributed by atoms with van der Waals surface area (Å²) in [6, 6.07) is 4.75. The molecule has 1 rings (SSSR count). The number of halogens is 1. The van der Waals surface area contributed by atoms with Gasteiger partial charge in [-0.25, -0.2) is 0 Å². The molecule has 0 saturated heterocycles. The van der Waals surface area contributed by atoms with E-state index in [0.29, 0.717) is 12.0 Å². The highest BCUT2D eigenvalue weighted by atomic mass is 79.9. The third kappa shape index (κ3) is 5.12. The summed E-state index contributed by atoms with van der Waals surface area (Å²) in [7, 11) is 4.28. The largest absolute Gasteiger partial charge is 0.453 e. The summed E-state index contributed by atoms with van der Waals surface area (Å²) in [5.74, 6) is 1.69. The van der Waals surface area contributed by atoms with Crippen molar-refractivity contribution in [1.82, 2.24) is 10.2 Å². The van der Waals surface area contributed by atoms with E-state index in [1.807, 2.05) is 12.1 Å². The van der Waals surface area contributed by atoms with Gasteiger partial charge < -0.3 is 14.6 Å². The van der Waals surface area contributed by atoms with Gasteiger partial charge in [-0.15, -0.1) is 0 Å². The van der Waals surface area contributed by atoms with Crippen molar-refractivity contribution in [3.8, 4) is 0 Å². The van der Waals surface area contributed by atoms with Gasteiger partial charge in [0.2, 0.25) is 0 Å². The highest BCUT2D eigenvalue weighted by Gasteiger charge is 2.16. The van der Waals surface area contributed by atoms with Crippen LogP contribution in [0.4, 0.5) is 0 Å². The molecule has 104 valence electrons. The Labute approximate surface area is 119 Å². The van der Waals surface area contributed by atoms with Gasteiger partial charge in [0.05, 0.1) is 6.04 Å². The van der Waals surface area contributed by atoms with Gasteiger partial charge in [0.25, 0.3) is 0 Å². The van der Waals surface area contributed by atoms with Crippen molar-refractivity contribution in [1.29, 1.82) is 0 Å². The first-order valence-electron chi connectivity index (χ1n) is 6.55. The van der Waals surface area contributed by atoms with Crippen molar-refractivity contribution in [3.63, 3.8) is 0 Å². The van der Waals surface area contributed by atoms with E-state index in [1.165, 1.54) is 6.42 Å². The lowest BCUT2D eigenvalue weighted by atomic mass is 10.0. The quantitative estimate of drug-likeness (QED) is 0.832. The molecule has 0 aromatic carbocycles. The van der Waals surface area contributed by atoms with Gasteiger partial charge in [0.1, 0.15) is 5.76 Å². The Morgan fingerprint density at radius 2 is 1.94 bits per heavy atom. The van der Waals surface area contributed by atoms with Crippen LogP contribution in [0.1, 0.15) is 39.0 Å². The molecule has 0 aliphatic rings. The van der Waals surface area contributed by atoms with Crippen LogP contribution in [0.25, 0.3) is 0 Å². The van der Waals surface area contributed by atoms with E-state index in [4.69, 9.17) is 4.42 Å². The molecule has 3 nitrogen and oxygen atoms in total. The summed E-state index contributed by atoms with van der Waals surface area (Å²) >= 11 is 3.33. The Morgan fingerprint density at radius 1 is 1.28 bits per heavy atom. The van der Waals surface area contributed by atoms with E-state index in [0.717, 1.165) is 17.0 Å². The lowest BCUT2D eigenvalue weighted by Crippen LogP contribution is -2.39. The zero-order valence-corrected chi connectivity index (χ0v) is 13.6. The monoisotopic (exact) mass is 316 g/mol. The molecule has 1 aromatic rings. The third-order valence-corrected chi connectivity index (χ3v) is 3.58. The van der Waals surface area contributed by atoms with E-state index in [2.05, 4.69) is 61.0 Å². The lowest BCUT2D eigenvalue weighted by molar-refractivity contribution is 0.238. The Hall–Kier alpha value is -0.320.